The summed E-state index contributed by atoms with van der Waals surface area (Å²) in [6.07, 6.45) is 3.37. The number of nitrogen functional groups attached to an aromatic ring is 1. The Labute approximate surface area is 137 Å². The average Bonchev–Trinajstić information content (AvgIpc) is 2.84. The average molecular weight is 323 g/mol. The second-order valence-corrected chi connectivity index (χ2v) is 5.92. The topological polar surface area (TPSA) is 68.2 Å². The van der Waals surface area contributed by atoms with Crippen LogP contribution in [-0.2, 0) is 13.0 Å². The van der Waals surface area contributed by atoms with E-state index >= 15 is 0 Å². The van der Waals surface area contributed by atoms with Crippen molar-refractivity contribution in [1.82, 2.24) is 15.0 Å². The van der Waals surface area contributed by atoms with Gasteiger partial charge in [0.2, 0.25) is 5.89 Å². The smallest absolute Gasteiger partial charge is 0.223 e. The van der Waals surface area contributed by atoms with E-state index < -0.39 is 0 Å². The van der Waals surface area contributed by atoms with Crippen LogP contribution in [0.1, 0.15) is 30.1 Å². The molecule has 0 aliphatic carbocycles. The summed E-state index contributed by atoms with van der Waals surface area (Å²) in [6.45, 7) is 5.04. The zero-order valence-electron chi connectivity index (χ0n) is 12.9. The minimum atomic E-state index is 0. The molecule has 1 saturated heterocycles. The summed E-state index contributed by atoms with van der Waals surface area (Å²) in [5.74, 6) is 2.09. The van der Waals surface area contributed by atoms with Gasteiger partial charge in [0.05, 0.1) is 0 Å². The third kappa shape index (κ3) is 4.45. The number of aryl methyl sites for hydroxylation is 1. The fourth-order valence-corrected chi connectivity index (χ4v) is 3.09. The fraction of sp³-hybridized carbons (Fsp3) is 0.500. The number of piperidine rings is 1. The van der Waals surface area contributed by atoms with E-state index in [9.17, 15) is 0 Å². The maximum absolute atomic E-state index is 5.85. The second-order valence-electron chi connectivity index (χ2n) is 5.92. The molecule has 1 aromatic heterocycles. The van der Waals surface area contributed by atoms with Gasteiger partial charge in [-0.3, -0.25) is 4.90 Å². The van der Waals surface area contributed by atoms with Gasteiger partial charge in [-0.1, -0.05) is 17.3 Å². The lowest BCUT2D eigenvalue weighted by atomic mass is 9.94. The minimum absolute atomic E-state index is 0. The molecule has 1 unspecified atom stereocenters. The highest BCUT2D eigenvalue weighted by atomic mass is 35.5. The molecule has 2 aromatic rings. The van der Waals surface area contributed by atoms with Gasteiger partial charge in [-0.05, 0) is 43.0 Å². The van der Waals surface area contributed by atoms with Crippen molar-refractivity contribution in [3.05, 3.63) is 41.5 Å². The molecule has 22 heavy (non-hydrogen) atoms. The Balaban J connectivity index is 0.00000176. The summed E-state index contributed by atoms with van der Waals surface area (Å²) in [4.78, 5) is 6.81. The molecule has 1 fully saturated rings. The third-order valence-electron chi connectivity index (χ3n) is 4.00. The molecule has 120 valence electrons. The summed E-state index contributed by atoms with van der Waals surface area (Å²) < 4.78 is 5.05. The molecule has 0 spiro atoms. The number of hydrogen-bond donors (Lipinski definition) is 1. The number of hydrogen-bond acceptors (Lipinski definition) is 5. The quantitative estimate of drug-likeness (QED) is 0.877. The zero-order chi connectivity index (χ0) is 14.7. The summed E-state index contributed by atoms with van der Waals surface area (Å²) in [5.41, 5.74) is 7.97. The first-order valence-electron chi connectivity index (χ1n) is 7.55. The van der Waals surface area contributed by atoms with Gasteiger partial charge in [-0.15, -0.1) is 12.4 Å². The highest BCUT2D eigenvalue weighted by Crippen LogP contribution is 2.21. The lowest BCUT2D eigenvalue weighted by Crippen LogP contribution is -2.35. The van der Waals surface area contributed by atoms with Crippen LogP contribution < -0.4 is 5.73 Å². The number of benzene rings is 1. The van der Waals surface area contributed by atoms with Crippen molar-refractivity contribution in [2.24, 2.45) is 5.92 Å². The highest BCUT2D eigenvalue weighted by Gasteiger charge is 2.21. The van der Waals surface area contributed by atoms with E-state index in [0.29, 0.717) is 11.8 Å². The van der Waals surface area contributed by atoms with Crippen LogP contribution >= 0.6 is 12.4 Å². The van der Waals surface area contributed by atoms with Gasteiger partial charge in [0.1, 0.15) is 0 Å². The lowest BCUT2D eigenvalue weighted by molar-refractivity contribution is 0.165. The molecule has 0 amide bonds. The van der Waals surface area contributed by atoms with Crippen molar-refractivity contribution in [2.45, 2.75) is 32.7 Å². The number of likely N-dealkylation sites (tertiary alicyclic amines) is 1. The predicted molar refractivity (Wildman–Crippen MR) is 88.8 cm³/mol. The number of nitrogens with two attached hydrogens (primary N) is 1. The normalized spacial score (nSPS) is 18.9. The number of aromatic nitrogens is 2. The maximum Gasteiger partial charge on any atom is 0.223 e. The van der Waals surface area contributed by atoms with Gasteiger partial charge in [0.25, 0.3) is 0 Å². The molecular weight excluding hydrogens is 300 g/mol. The Morgan fingerprint density at radius 2 is 2.27 bits per heavy atom. The monoisotopic (exact) mass is 322 g/mol. The Kier molecular flexibility index (Phi) is 5.80. The first-order chi connectivity index (χ1) is 10.2. The molecule has 2 heterocycles. The number of anilines is 1. The summed E-state index contributed by atoms with van der Waals surface area (Å²) in [5, 5.41) is 4.01. The van der Waals surface area contributed by atoms with Gasteiger partial charge >= 0.3 is 0 Å². The van der Waals surface area contributed by atoms with Crippen molar-refractivity contribution in [2.75, 3.05) is 18.8 Å². The number of rotatable bonds is 4. The van der Waals surface area contributed by atoms with Crippen LogP contribution in [0.25, 0.3) is 0 Å². The van der Waals surface area contributed by atoms with E-state index in [2.05, 4.69) is 27.2 Å². The van der Waals surface area contributed by atoms with Crippen LogP contribution in [0.4, 0.5) is 5.69 Å². The Morgan fingerprint density at radius 3 is 3.00 bits per heavy atom. The molecule has 2 N–H and O–H groups in total. The molecule has 5 nitrogen and oxygen atoms in total. The van der Waals surface area contributed by atoms with Crippen LogP contribution in [0.5, 0.6) is 0 Å². The minimum Gasteiger partial charge on any atom is -0.399 e. The van der Waals surface area contributed by atoms with Crippen LogP contribution in [-0.4, -0.2) is 28.1 Å². The molecular formula is C16H23ClN4O. The van der Waals surface area contributed by atoms with Crippen molar-refractivity contribution in [3.8, 4) is 0 Å². The molecule has 6 heteroatoms. The van der Waals surface area contributed by atoms with E-state index in [4.69, 9.17) is 10.3 Å². The standard InChI is InChI=1S/C16H22N4O.ClH/c1-12-18-16(19-21-12)9-14-5-3-7-20(11-14)10-13-4-2-6-15(17)8-13;/h2,4,6,8,14H,3,5,7,9-11,17H2,1H3;1H. The van der Waals surface area contributed by atoms with Gasteiger partial charge < -0.3 is 10.3 Å². The van der Waals surface area contributed by atoms with Gasteiger partial charge in [-0.25, -0.2) is 0 Å². The van der Waals surface area contributed by atoms with E-state index in [1.807, 2.05) is 19.1 Å². The van der Waals surface area contributed by atoms with E-state index in [-0.39, 0.29) is 12.4 Å². The molecule has 0 saturated carbocycles. The molecule has 1 aromatic carbocycles. The predicted octanol–water partition coefficient (Wildman–Crippen LogP) is 2.84. The van der Waals surface area contributed by atoms with Crippen molar-refractivity contribution in [1.29, 1.82) is 0 Å². The molecule has 3 rings (SSSR count). The number of nitrogens with zero attached hydrogens (tertiary/aromatic N) is 3. The molecule has 1 aliphatic heterocycles. The van der Waals surface area contributed by atoms with Gasteiger partial charge in [0.15, 0.2) is 5.82 Å². The fourth-order valence-electron chi connectivity index (χ4n) is 3.09. The molecule has 0 radical (unpaired) electrons. The molecule has 1 aliphatic rings. The molecule has 1 atom stereocenters. The third-order valence-corrected chi connectivity index (χ3v) is 4.00. The van der Waals surface area contributed by atoms with Crippen molar-refractivity contribution >= 4 is 18.1 Å². The molecule has 0 bridgehead atoms. The Hall–Kier alpha value is -1.59. The number of halogens is 1. The van der Waals surface area contributed by atoms with Crippen molar-refractivity contribution < 1.29 is 4.52 Å². The first kappa shape index (κ1) is 16.8. The highest BCUT2D eigenvalue weighted by molar-refractivity contribution is 5.85. The zero-order valence-corrected chi connectivity index (χ0v) is 13.7. The Bertz CT molecular complexity index is 601. The summed E-state index contributed by atoms with van der Waals surface area (Å²) in [7, 11) is 0. The van der Waals surface area contributed by atoms with Crippen LogP contribution in [0, 0.1) is 12.8 Å². The van der Waals surface area contributed by atoms with E-state index in [1.54, 1.807) is 0 Å². The largest absolute Gasteiger partial charge is 0.399 e. The SMILES string of the molecule is Cc1nc(CC2CCCN(Cc3cccc(N)c3)C2)no1.Cl. The van der Waals surface area contributed by atoms with Gasteiger partial charge in [0, 0.05) is 32.1 Å². The van der Waals surface area contributed by atoms with Gasteiger partial charge in [-0.2, -0.15) is 4.98 Å². The van der Waals surface area contributed by atoms with Crippen LogP contribution in [0.2, 0.25) is 0 Å². The second kappa shape index (κ2) is 7.61. The van der Waals surface area contributed by atoms with E-state index in [1.165, 1.54) is 18.4 Å². The van der Waals surface area contributed by atoms with Crippen molar-refractivity contribution in [3.63, 3.8) is 0 Å². The maximum atomic E-state index is 5.85. The summed E-state index contributed by atoms with van der Waals surface area (Å²) in [6, 6.07) is 8.16. The van der Waals surface area contributed by atoms with Crippen LogP contribution in [0.15, 0.2) is 28.8 Å². The lowest BCUT2D eigenvalue weighted by Gasteiger charge is -2.32. The van der Waals surface area contributed by atoms with E-state index in [0.717, 1.165) is 37.6 Å². The Morgan fingerprint density at radius 1 is 1.41 bits per heavy atom. The first-order valence-corrected chi connectivity index (χ1v) is 7.55. The van der Waals surface area contributed by atoms with Crippen LogP contribution in [0.3, 0.4) is 0 Å². The summed E-state index contributed by atoms with van der Waals surface area (Å²) >= 11 is 0.